The molecule has 0 amide bonds. The average molecular weight is 380 g/mol. The van der Waals surface area contributed by atoms with Crippen molar-refractivity contribution in [2.24, 2.45) is 0 Å². The molecule has 5 heteroatoms. The third-order valence-electron chi connectivity index (χ3n) is 4.86. The minimum absolute atomic E-state index is 0.533. The van der Waals surface area contributed by atoms with Crippen LogP contribution < -0.4 is 10.1 Å². The molecule has 0 radical (unpaired) electrons. The number of benzene rings is 2. The summed E-state index contributed by atoms with van der Waals surface area (Å²) in [6.07, 6.45) is 1.30. The lowest BCUT2D eigenvalue weighted by molar-refractivity contribution is 0.0340. The molecule has 1 fully saturated rings. The maximum absolute atomic E-state index is 8.59. The van der Waals surface area contributed by atoms with Crippen molar-refractivity contribution in [3.8, 4) is 11.8 Å². The van der Waals surface area contributed by atoms with E-state index in [4.69, 9.17) is 14.7 Å². The van der Waals surface area contributed by atoms with Crippen LogP contribution in [0.4, 0.5) is 0 Å². The van der Waals surface area contributed by atoms with Gasteiger partial charge in [-0.05, 0) is 35.2 Å². The molecule has 2 aromatic rings. The van der Waals surface area contributed by atoms with Gasteiger partial charge in [-0.25, -0.2) is 0 Å². The summed E-state index contributed by atoms with van der Waals surface area (Å²) >= 11 is 0. The number of hydrogen-bond acceptors (Lipinski definition) is 5. The van der Waals surface area contributed by atoms with Crippen LogP contribution in [-0.2, 0) is 24.4 Å². The highest BCUT2D eigenvalue weighted by Crippen LogP contribution is 2.15. The second-order valence-corrected chi connectivity index (χ2v) is 7.02. The van der Waals surface area contributed by atoms with E-state index in [1.54, 1.807) is 0 Å². The second kappa shape index (κ2) is 11.5. The van der Waals surface area contributed by atoms with Crippen LogP contribution in [0.5, 0.6) is 5.75 Å². The number of nitrogens with zero attached hydrogens (tertiary/aromatic N) is 2. The normalized spacial score (nSPS) is 14.5. The van der Waals surface area contributed by atoms with Crippen LogP contribution in [0.1, 0.15) is 29.5 Å². The van der Waals surface area contributed by atoms with Crippen LogP contribution in [0.15, 0.2) is 48.5 Å². The Balaban J connectivity index is 1.49. The van der Waals surface area contributed by atoms with Gasteiger partial charge in [0.1, 0.15) is 5.75 Å². The van der Waals surface area contributed by atoms with E-state index in [9.17, 15) is 0 Å². The third kappa shape index (κ3) is 6.65. The maximum atomic E-state index is 8.59. The Bertz CT molecular complexity index is 766. The fourth-order valence-electron chi connectivity index (χ4n) is 3.31. The molecule has 0 saturated carbocycles. The highest BCUT2D eigenvalue weighted by atomic mass is 16.5. The van der Waals surface area contributed by atoms with Crippen LogP contribution in [0.3, 0.4) is 0 Å². The molecular weight excluding hydrogens is 350 g/mol. The van der Waals surface area contributed by atoms with Crippen LogP contribution in [-0.4, -0.2) is 37.8 Å². The van der Waals surface area contributed by atoms with Gasteiger partial charge in [-0.15, -0.1) is 0 Å². The lowest BCUT2D eigenvalue weighted by Crippen LogP contribution is -2.36. The van der Waals surface area contributed by atoms with Crippen molar-refractivity contribution in [1.29, 1.82) is 5.26 Å². The first kappa shape index (κ1) is 20.3. The van der Waals surface area contributed by atoms with Crippen LogP contribution in [0, 0.1) is 11.3 Å². The summed E-state index contributed by atoms with van der Waals surface area (Å²) in [7, 11) is 0. The topological polar surface area (TPSA) is 57.5 Å². The fourth-order valence-corrected chi connectivity index (χ4v) is 3.31. The number of nitriles is 1. The van der Waals surface area contributed by atoms with Gasteiger partial charge >= 0.3 is 0 Å². The summed E-state index contributed by atoms with van der Waals surface area (Å²) in [5.74, 6) is 0.866. The molecule has 0 aliphatic carbocycles. The molecule has 1 saturated heterocycles. The summed E-state index contributed by atoms with van der Waals surface area (Å²) in [6.45, 7) is 6.86. The molecule has 0 spiro atoms. The molecule has 0 aromatic heterocycles. The number of nitrogens with one attached hydrogen (secondary N) is 1. The Morgan fingerprint density at radius 3 is 2.68 bits per heavy atom. The number of rotatable bonds is 10. The van der Waals surface area contributed by atoms with Crippen molar-refractivity contribution in [3.63, 3.8) is 0 Å². The summed E-state index contributed by atoms with van der Waals surface area (Å²) in [4.78, 5) is 2.45. The third-order valence-corrected chi connectivity index (χ3v) is 4.86. The quantitative estimate of drug-likeness (QED) is 0.641. The largest absolute Gasteiger partial charge is 0.494 e. The molecule has 2 aromatic carbocycles. The van der Waals surface area contributed by atoms with Crippen molar-refractivity contribution in [2.45, 2.75) is 32.5 Å². The van der Waals surface area contributed by atoms with E-state index in [-0.39, 0.29) is 0 Å². The van der Waals surface area contributed by atoms with E-state index >= 15 is 0 Å². The van der Waals surface area contributed by atoms with Gasteiger partial charge in [-0.1, -0.05) is 36.4 Å². The maximum Gasteiger partial charge on any atom is 0.119 e. The number of hydrogen-bond donors (Lipinski definition) is 1. The van der Waals surface area contributed by atoms with E-state index in [1.807, 2.05) is 12.1 Å². The molecule has 1 heterocycles. The van der Waals surface area contributed by atoms with Crippen LogP contribution in [0.2, 0.25) is 0 Å². The Hall–Kier alpha value is -2.39. The summed E-state index contributed by atoms with van der Waals surface area (Å²) < 4.78 is 11.2. The zero-order chi connectivity index (χ0) is 19.4. The summed E-state index contributed by atoms with van der Waals surface area (Å²) in [5.41, 5.74) is 3.92. The molecule has 0 bridgehead atoms. The SMILES string of the molecule is N#CCCCOc1cccc(CNCc2ccccc2CN2CCOCC2)c1. The van der Waals surface area contributed by atoms with Crippen molar-refractivity contribution in [2.75, 3.05) is 32.9 Å². The Labute approximate surface area is 167 Å². The zero-order valence-electron chi connectivity index (χ0n) is 16.4. The highest BCUT2D eigenvalue weighted by molar-refractivity contribution is 5.29. The highest BCUT2D eigenvalue weighted by Gasteiger charge is 2.12. The van der Waals surface area contributed by atoms with E-state index in [2.05, 4.69) is 52.7 Å². The molecule has 1 N–H and O–H groups in total. The fraction of sp³-hybridized carbons (Fsp3) is 0.435. The van der Waals surface area contributed by atoms with Gasteiger partial charge in [0.05, 0.1) is 25.9 Å². The number of unbranched alkanes of at least 4 members (excludes halogenated alkanes) is 1. The van der Waals surface area contributed by atoms with Gasteiger partial charge in [0.2, 0.25) is 0 Å². The van der Waals surface area contributed by atoms with Crippen molar-refractivity contribution in [3.05, 3.63) is 65.2 Å². The molecule has 28 heavy (non-hydrogen) atoms. The number of ether oxygens (including phenoxy) is 2. The molecule has 0 atom stereocenters. The Morgan fingerprint density at radius 1 is 1.04 bits per heavy atom. The zero-order valence-corrected chi connectivity index (χ0v) is 16.4. The predicted molar refractivity (Wildman–Crippen MR) is 110 cm³/mol. The van der Waals surface area contributed by atoms with E-state index < -0.39 is 0 Å². The lowest BCUT2D eigenvalue weighted by Gasteiger charge is -2.27. The first-order chi connectivity index (χ1) is 13.8. The van der Waals surface area contributed by atoms with E-state index in [0.717, 1.165) is 58.1 Å². The Kier molecular flexibility index (Phi) is 8.32. The van der Waals surface area contributed by atoms with E-state index in [1.165, 1.54) is 16.7 Å². The van der Waals surface area contributed by atoms with Gasteiger partial charge in [0.15, 0.2) is 0 Å². The van der Waals surface area contributed by atoms with Crippen molar-refractivity contribution < 1.29 is 9.47 Å². The molecule has 148 valence electrons. The Morgan fingerprint density at radius 2 is 1.86 bits per heavy atom. The predicted octanol–water partition coefficient (Wildman–Crippen LogP) is 3.49. The second-order valence-electron chi connectivity index (χ2n) is 7.02. The first-order valence-electron chi connectivity index (χ1n) is 10.0. The van der Waals surface area contributed by atoms with Crippen molar-refractivity contribution in [1.82, 2.24) is 10.2 Å². The van der Waals surface area contributed by atoms with Gasteiger partial charge in [0.25, 0.3) is 0 Å². The molecule has 3 rings (SSSR count). The summed E-state index contributed by atoms with van der Waals surface area (Å²) in [5, 5.41) is 12.1. The molecule has 1 aliphatic rings. The monoisotopic (exact) mass is 379 g/mol. The molecular formula is C23H29N3O2. The van der Waals surface area contributed by atoms with E-state index in [0.29, 0.717) is 13.0 Å². The van der Waals surface area contributed by atoms with Crippen LogP contribution >= 0.6 is 0 Å². The van der Waals surface area contributed by atoms with Gasteiger partial charge in [-0.2, -0.15) is 5.26 Å². The van der Waals surface area contributed by atoms with Crippen LogP contribution in [0.25, 0.3) is 0 Å². The number of morpholine rings is 1. The minimum Gasteiger partial charge on any atom is -0.494 e. The molecule has 5 nitrogen and oxygen atoms in total. The average Bonchev–Trinajstić information content (AvgIpc) is 2.74. The molecule has 0 unspecified atom stereocenters. The smallest absolute Gasteiger partial charge is 0.119 e. The van der Waals surface area contributed by atoms with Gasteiger partial charge in [0, 0.05) is 39.1 Å². The van der Waals surface area contributed by atoms with Gasteiger partial charge < -0.3 is 14.8 Å². The molecule has 1 aliphatic heterocycles. The summed E-state index contributed by atoms with van der Waals surface area (Å²) in [6, 6.07) is 19.0. The lowest BCUT2D eigenvalue weighted by atomic mass is 10.1. The van der Waals surface area contributed by atoms with Gasteiger partial charge in [-0.3, -0.25) is 4.90 Å². The van der Waals surface area contributed by atoms with Crippen molar-refractivity contribution >= 4 is 0 Å². The standard InChI is InChI=1S/C23H29N3O2/c24-10-3-4-13-28-23-9-5-6-20(16-23)17-25-18-21-7-1-2-8-22(21)19-26-11-14-27-15-12-26/h1-2,5-9,16,25H,3-4,11-15,17-19H2. The first-order valence-corrected chi connectivity index (χ1v) is 10.0. The minimum atomic E-state index is 0.533.